The molecule has 1 aromatic heterocycles. The number of carbonyl (C=O) groups excluding carboxylic acids is 1. The number of hydrogen-bond acceptors (Lipinski definition) is 5. The molecular formula is C18H17F3N4O2S. The van der Waals surface area contributed by atoms with Crippen LogP contribution in [0.3, 0.4) is 0 Å². The van der Waals surface area contributed by atoms with Gasteiger partial charge in [0.15, 0.2) is 10.6 Å². The molecule has 28 heavy (non-hydrogen) atoms. The number of aromatic nitrogens is 2. The number of ketones is 1. The van der Waals surface area contributed by atoms with Gasteiger partial charge in [0.2, 0.25) is 0 Å². The van der Waals surface area contributed by atoms with Crippen LogP contribution in [0.2, 0.25) is 0 Å². The summed E-state index contributed by atoms with van der Waals surface area (Å²) in [5, 5.41) is 2.16. The molecule has 2 heterocycles. The van der Waals surface area contributed by atoms with Crippen LogP contribution in [0.4, 0.5) is 24.7 Å². The predicted octanol–water partition coefficient (Wildman–Crippen LogP) is 3.46. The molecular weight excluding hydrogens is 393 g/mol. The normalized spacial score (nSPS) is 16.4. The summed E-state index contributed by atoms with van der Waals surface area (Å²) in [7, 11) is 3.64. The molecule has 6 nitrogen and oxygen atoms in total. The quantitative estimate of drug-likeness (QED) is 0.676. The zero-order chi connectivity index (χ0) is 20.8. The highest BCUT2D eigenvalue weighted by Crippen LogP contribution is 2.44. The van der Waals surface area contributed by atoms with Crippen molar-refractivity contribution in [2.45, 2.75) is 19.0 Å². The van der Waals surface area contributed by atoms with Crippen LogP contribution in [0.5, 0.6) is 0 Å². The Bertz CT molecular complexity index is 1080. The van der Waals surface area contributed by atoms with Crippen LogP contribution in [0.15, 0.2) is 40.3 Å². The third-order valence-electron chi connectivity index (χ3n) is 4.48. The van der Waals surface area contributed by atoms with Crippen LogP contribution in [0.25, 0.3) is 0 Å². The molecule has 0 aliphatic carbocycles. The molecule has 3 rings (SSSR count). The fraction of sp³-hybridized carbons (Fsp3) is 0.278. The number of rotatable bonds is 3. The fourth-order valence-corrected chi connectivity index (χ4v) is 3.45. The third-order valence-corrected chi connectivity index (χ3v) is 4.69. The van der Waals surface area contributed by atoms with E-state index < -0.39 is 34.7 Å². The van der Waals surface area contributed by atoms with Gasteiger partial charge in [0.1, 0.15) is 11.5 Å². The number of hydrogen-bond donors (Lipinski definition) is 3. The van der Waals surface area contributed by atoms with Gasteiger partial charge in [0.05, 0.1) is 5.56 Å². The van der Waals surface area contributed by atoms with Gasteiger partial charge in [0.25, 0.3) is 5.56 Å². The number of benzene rings is 1. The monoisotopic (exact) mass is 410 g/mol. The summed E-state index contributed by atoms with van der Waals surface area (Å²) in [5.41, 5.74) is -1.20. The molecule has 1 aliphatic heterocycles. The Morgan fingerprint density at radius 3 is 2.25 bits per heavy atom. The number of allylic oxidation sites excluding steroid dienone is 2. The van der Waals surface area contributed by atoms with E-state index in [1.807, 2.05) is 19.0 Å². The number of Topliss-reactive ketones (excluding diaryl/α,β-unsaturated/α-hetero) is 1. The highest BCUT2D eigenvalue weighted by molar-refractivity contribution is 7.71. The van der Waals surface area contributed by atoms with Crippen molar-refractivity contribution in [1.29, 1.82) is 0 Å². The first-order chi connectivity index (χ1) is 13.0. The van der Waals surface area contributed by atoms with Gasteiger partial charge in [-0.3, -0.25) is 14.6 Å². The van der Waals surface area contributed by atoms with E-state index in [1.54, 1.807) is 24.3 Å². The summed E-state index contributed by atoms with van der Waals surface area (Å²) in [4.78, 5) is 31.6. The number of halogens is 3. The number of alkyl halides is 3. The first kappa shape index (κ1) is 19.9. The van der Waals surface area contributed by atoms with Gasteiger partial charge in [0, 0.05) is 31.3 Å². The minimum absolute atomic E-state index is 0.0237. The number of aromatic amines is 2. The van der Waals surface area contributed by atoms with Crippen LogP contribution >= 0.6 is 12.2 Å². The lowest BCUT2D eigenvalue weighted by atomic mass is 9.80. The van der Waals surface area contributed by atoms with E-state index in [-0.39, 0.29) is 16.2 Å². The summed E-state index contributed by atoms with van der Waals surface area (Å²) >= 11 is 4.88. The molecule has 2 aromatic rings. The van der Waals surface area contributed by atoms with Gasteiger partial charge in [-0.2, -0.15) is 13.2 Å². The number of nitrogens with zero attached hydrogens (tertiary/aromatic N) is 1. The minimum atomic E-state index is -4.82. The third kappa shape index (κ3) is 3.47. The molecule has 0 radical (unpaired) electrons. The molecule has 3 N–H and O–H groups in total. The average Bonchev–Trinajstić information content (AvgIpc) is 2.59. The van der Waals surface area contributed by atoms with Crippen LogP contribution in [-0.2, 0) is 4.79 Å². The lowest BCUT2D eigenvalue weighted by Gasteiger charge is -2.31. The van der Waals surface area contributed by atoms with E-state index in [0.717, 1.165) is 12.6 Å². The molecule has 1 atom stereocenters. The van der Waals surface area contributed by atoms with Crippen molar-refractivity contribution in [2.24, 2.45) is 0 Å². The van der Waals surface area contributed by atoms with Crippen molar-refractivity contribution in [3.05, 3.63) is 61.8 Å². The topological polar surface area (TPSA) is 81.0 Å². The van der Waals surface area contributed by atoms with Crippen molar-refractivity contribution < 1.29 is 18.0 Å². The maximum Gasteiger partial charge on any atom is 0.431 e. The molecule has 1 aliphatic rings. The Kier molecular flexibility index (Phi) is 4.92. The summed E-state index contributed by atoms with van der Waals surface area (Å²) in [5.74, 6) is -2.15. The van der Waals surface area contributed by atoms with Crippen molar-refractivity contribution in [3.63, 3.8) is 0 Å². The summed E-state index contributed by atoms with van der Waals surface area (Å²) in [6.45, 7) is 1.05. The lowest BCUT2D eigenvalue weighted by molar-refractivity contribution is -0.116. The second-order valence-electron chi connectivity index (χ2n) is 6.58. The summed E-state index contributed by atoms with van der Waals surface area (Å²) in [6, 6.07) is 6.63. The Morgan fingerprint density at radius 2 is 1.75 bits per heavy atom. The summed E-state index contributed by atoms with van der Waals surface area (Å²) < 4.78 is 41.0. The Labute approximate surface area is 163 Å². The predicted molar refractivity (Wildman–Crippen MR) is 102 cm³/mol. The van der Waals surface area contributed by atoms with Crippen molar-refractivity contribution >= 4 is 29.5 Å². The van der Waals surface area contributed by atoms with Gasteiger partial charge < -0.3 is 15.2 Å². The van der Waals surface area contributed by atoms with Crippen LogP contribution < -0.4 is 15.8 Å². The van der Waals surface area contributed by atoms with E-state index in [2.05, 4.69) is 15.3 Å². The molecule has 0 saturated carbocycles. The van der Waals surface area contributed by atoms with Gasteiger partial charge in [-0.15, -0.1) is 0 Å². The SMILES string of the molecule is CC(=O)C1=C(C(F)(F)F)Nc2[nH]c(=S)[nH]c(=O)c2C1c1ccc(N(C)C)cc1. The van der Waals surface area contributed by atoms with E-state index in [0.29, 0.717) is 5.56 Å². The molecule has 0 fully saturated rings. The zero-order valence-corrected chi connectivity index (χ0v) is 16.0. The van der Waals surface area contributed by atoms with Crippen molar-refractivity contribution in [3.8, 4) is 0 Å². The number of carbonyl (C=O) groups is 1. The molecule has 1 unspecified atom stereocenters. The zero-order valence-electron chi connectivity index (χ0n) is 15.2. The van der Waals surface area contributed by atoms with E-state index in [9.17, 15) is 22.8 Å². The lowest BCUT2D eigenvalue weighted by Crippen LogP contribution is -2.35. The second-order valence-corrected chi connectivity index (χ2v) is 6.99. The second kappa shape index (κ2) is 6.93. The van der Waals surface area contributed by atoms with Gasteiger partial charge in [-0.05, 0) is 36.8 Å². The number of fused-ring (bicyclic) bond motifs is 1. The molecule has 0 spiro atoms. The van der Waals surface area contributed by atoms with Crippen LogP contribution in [0.1, 0.15) is 24.0 Å². The van der Waals surface area contributed by atoms with Crippen LogP contribution in [0, 0.1) is 4.77 Å². The number of anilines is 2. The van der Waals surface area contributed by atoms with Crippen molar-refractivity contribution in [2.75, 3.05) is 24.3 Å². The highest BCUT2D eigenvalue weighted by atomic mass is 32.1. The first-order valence-corrected chi connectivity index (χ1v) is 8.64. The molecule has 10 heteroatoms. The van der Waals surface area contributed by atoms with Gasteiger partial charge in [-0.1, -0.05) is 12.1 Å². The standard InChI is InChI=1S/C18H17F3N4O2S/c1-8(26)11-12(9-4-6-10(7-5-9)25(2)3)13-15(22-14(11)18(19,20)21)23-17(28)24-16(13)27/h4-7,12H,1-3H3,(H3,22,23,24,27,28). The van der Waals surface area contributed by atoms with E-state index in [1.165, 1.54) is 0 Å². The largest absolute Gasteiger partial charge is 0.431 e. The number of nitrogens with one attached hydrogen (secondary N) is 3. The Balaban J connectivity index is 2.35. The average molecular weight is 410 g/mol. The van der Waals surface area contributed by atoms with Crippen molar-refractivity contribution in [1.82, 2.24) is 9.97 Å². The summed E-state index contributed by atoms with van der Waals surface area (Å²) in [6.07, 6.45) is -4.82. The Hall–Kier alpha value is -2.88. The molecule has 148 valence electrons. The van der Waals surface area contributed by atoms with Crippen LogP contribution in [-0.4, -0.2) is 36.0 Å². The molecule has 0 saturated heterocycles. The maximum absolute atomic E-state index is 13.7. The smallest absolute Gasteiger partial charge is 0.378 e. The maximum atomic E-state index is 13.7. The molecule has 1 aromatic carbocycles. The number of H-pyrrole nitrogens is 2. The van der Waals surface area contributed by atoms with E-state index >= 15 is 0 Å². The first-order valence-electron chi connectivity index (χ1n) is 8.23. The van der Waals surface area contributed by atoms with Gasteiger partial charge in [-0.25, -0.2) is 0 Å². The highest BCUT2D eigenvalue weighted by Gasteiger charge is 2.45. The molecule has 0 amide bonds. The van der Waals surface area contributed by atoms with E-state index in [4.69, 9.17) is 12.2 Å². The Morgan fingerprint density at radius 1 is 1.14 bits per heavy atom. The fourth-order valence-electron chi connectivity index (χ4n) is 3.25. The minimum Gasteiger partial charge on any atom is -0.378 e. The van der Waals surface area contributed by atoms with Gasteiger partial charge >= 0.3 is 6.18 Å². The molecule has 0 bridgehead atoms.